The Morgan fingerprint density at radius 1 is 0.600 bits per heavy atom. The van der Waals surface area contributed by atoms with Gasteiger partial charge in [-0.3, -0.25) is 0 Å². The summed E-state index contributed by atoms with van der Waals surface area (Å²) in [6, 6.07) is 10.1. The summed E-state index contributed by atoms with van der Waals surface area (Å²) in [6.07, 6.45) is 7.92. The molecule has 0 aliphatic heterocycles. The van der Waals surface area contributed by atoms with Crippen LogP contribution < -0.4 is 4.46 Å². The molecular weight excluding hydrogens is 414 g/mol. The van der Waals surface area contributed by atoms with E-state index in [0.29, 0.717) is 0 Å². The number of hydrogen-bond acceptors (Lipinski definition) is 0. The van der Waals surface area contributed by atoms with Crippen LogP contribution in [-0.4, -0.2) is 39.9 Å². The Bertz CT molecular complexity index is 196. The second kappa shape index (κ2) is 31.8. The van der Waals surface area contributed by atoms with E-state index in [4.69, 9.17) is 0 Å². The van der Waals surface area contributed by atoms with E-state index in [9.17, 15) is 0 Å². The van der Waals surface area contributed by atoms with E-state index in [0.717, 1.165) is 0 Å². The predicted molar refractivity (Wildman–Crippen MR) is 99.3 cm³/mol. The van der Waals surface area contributed by atoms with E-state index in [2.05, 4.69) is 57.6 Å². The Balaban J connectivity index is -0.0000000881. The molecule has 2 heteroatoms. The van der Waals surface area contributed by atoms with Crippen molar-refractivity contribution in [1.29, 1.82) is 0 Å². The average Bonchev–Trinajstić information content (AvgIpc) is 2.48. The zero-order valence-corrected chi connectivity index (χ0v) is 19.1. The molecule has 0 aliphatic rings. The molecule has 1 aromatic carbocycles. The Labute approximate surface area is 154 Å². The molecule has 0 spiro atoms. The molecule has 20 heavy (non-hydrogen) atoms. The standard InChI is InChI=1S/C6H5Se.3C4H10.Sn/c7-6-4-2-1-3-5-6;3*1-3-4-2;/h1-5H;3*3-4H2,1-2H3;. The van der Waals surface area contributed by atoms with Crippen LogP contribution in [0.1, 0.15) is 80.1 Å². The minimum Gasteiger partial charge on any atom is 0 e. The smallest absolute Gasteiger partial charge is 0 e. The topological polar surface area (TPSA) is 0 Å². The van der Waals surface area contributed by atoms with Crippen molar-refractivity contribution >= 4 is 44.4 Å². The first-order valence-corrected chi connectivity index (χ1v) is 8.71. The molecule has 0 atom stereocenters. The fourth-order valence-electron chi connectivity index (χ4n) is 0.420. The summed E-state index contributed by atoms with van der Waals surface area (Å²) in [5.74, 6) is 0. The quantitative estimate of drug-likeness (QED) is 0.534. The average molecular weight is 449 g/mol. The normalized spacial score (nSPS) is 7.50. The molecule has 0 aromatic heterocycles. The van der Waals surface area contributed by atoms with Gasteiger partial charge in [-0.25, -0.2) is 0 Å². The molecule has 0 N–H and O–H groups in total. The molecule has 0 heterocycles. The number of rotatable bonds is 3. The van der Waals surface area contributed by atoms with E-state index in [1.54, 1.807) is 0 Å². The van der Waals surface area contributed by atoms with Gasteiger partial charge in [0.2, 0.25) is 0 Å². The Morgan fingerprint density at radius 3 is 0.950 bits per heavy atom. The van der Waals surface area contributed by atoms with Gasteiger partial charge in [0.25, 0.3) is 0 Å². The molecule has 1 rings (SSSR count). The summed E-state index contributed by atoms with van der Waals surface area (Å²) in [5, 5.41) is 0. The van der Waals surface area contributed by atoms with Gasteiger partial charge >= 0.3 is 50.8 Å². The van der Waals surface area contributed by atoms with E-state index in [-0.39, 0.29) is 23.9 Å². The van der Waals surface area contributed by atoms with Crippen LogP contribution in [0.4, 0.5) is 0 Å². The molecule has 0 nitrogen and oxygen atoms in total. The molecule has 1 aromatic rings. The summed E-state index contributed by atoms with van der Waals surface area (Å²) in [4.78, 5) is 0. The maximum Gasteiger partial charge on any atom is 0 e. The van der Waals surface area contributed by atoms with Crippen molar-refractivity contribution in [2.75, 3.05) is 0 Å². The zero-order valence-electron chi connectivity index (χ0n) is 14.5. The van der Waals surface area contributed by atoms with Gasteiger partial charge in [0.1, 0.15) is 0 Å². The van der Waals surface area contributed by atoms with Crippen LogP contribution in [0.25, 0.3) is 0 Å². The van der Waals surface area contributed by atoms with E-state index in [1.165, 1.54) is 43.0 Å². The summed E-state index contributed by atoms with van der Waals surface area (Å²) >= 11 is 2.90. The third kappa shape index (κ3) is 42.8. The van der Waals surface area contributed by atoms with Crippen molar-refractivity contribution in [2.24, 2.45) is 0 Å². The third-order valence-electron chi connectivity index (χ3n) is 2.24. The molecule has 117 valence electrons. The second-order valence-electron chi connectivity index (χ2n) is 4.31. The van der Waals surface area contributed by atoms with Gasteiger partial charge in [0, 0.05) is 23.9 Å². The van der Waals surface area contributed by atoms with E-state index < -0.39 is 0 Å². The first-order chi connectivity index (χ1) is 9.14. The number of benzene rings is 1. The van der Waals surface area contributed by atoms with Gasteiger partial charge < -0.3 is 0 Å². The third-order valence-corrected chi connectivity index (χ3v) is 2.81. The zero-order chi connectivity index (χ0) is 15.4. The van der Waals surface area contributed by atoms with Crippen molar-refractivity contribution in [3.63, 3.8) is 0 Å². The van der Waals surface area contributed by atoms with Gasteiger partial charge in [-0.1, -0.05) is 80.1 Å². The first-order valence-electron chi connectivity index (χ1n) is 7.86. The Kier molecular flexibility index (Phi) is 45.5. The molecule has 0 aliphatic carbocycles. The van der Waals surface area contributed by atoms with Gasteiger partial charge in [-0.2, -0.15) is 0 Å². The van der Waals surface area contributed by atoms with Crippen LogP contribution in [0.5, 0.6) is 0 Å². The molecule has 0 saturated carbocycles. The van der Waals surface area contributed by atoms with Crippen LogP contribution in [0.2, 0.25) is 0 Å². The summed E-state index contributed by atoms with van der Waals surface area (Å²) in [5.41, 5.74) is 0. The SMILES string of the molecule is CCCC.CCCC.CCCC.[Se]c1ccccc1.[Sn]. The van der Waals surface area contributed by atoms with Gasteiger partial charge in [-0.05, 0) is 0 Å². The van der Waals surface area contributed by atoms with Crippen molar-refractivity contribution in [3.8, 4) is 0 Å². The molecule has 0 saturated heterocycles. The van der Waals surface area contributed by atoms with Crippen molar-refractivity contribution in [3.05, 3.63) is 30.3 Å². The van der Waals surface area contributed by atoms with Crippen LogP contribution in [-0.2, 0) is 0 Å². The fraction of sp³-hybridized carbons (Fsp3) is 0.667. The summed E-state index contributed by atoms with van der Waals surface area (Å²) in [7, 11) is 0. The number of unbranched alkanes of at least 4 members (excludes halogenated alkanes) is 3. The maximum atomic E-state index is 2.90. The molecule has 0 bridgehead atoms. The Hall–Kier alpha value is 0.538. The first kappa shape index (κ1) is 28.7. The maximum absolute atomic E-state index is 2.90. The van der Waals surface area contributed by atoms with Gasteiger partial charge in [0.05, 0.1) is 0 Å². The number of hydrogen-bond donors (Lipinski definition) is 0. The summed E-state index contributed by atoms with van der Waals surface area (Å²) in [6.45, 7) is 13.1. The van der Waals surface area contributed by atoms with Crippen molar-refractivity contribution in [1.82, 2.24) is 0 Å². The fourth-order valence-corrected chi connectivity index (χ4v) is 0.750. The second-order valence-corrected chi connectivity index (χ2v) is 5.30. The minimum atomic E-state index is 0. The predicted octanol–water partition coefficient (Wildman–Crippen LogP) is 5.52. The van der Waals surface area contributed by atoms with Gasteiger partial charge in [-0.15, -0.1) is 0 Å². The van der Waals surface area contributed by atoms with Crippen LogP contribution in [0, 0.1) is 0 Å². The van der Waals surface area contributed by atoms with E-state index >= 15 is 0 Å². The van der Waals surface area contributed by atoms with Crippen LogP contribution in [0.15, 0.2) is 30.3 Å². The minimum absolute atomic E-state index is 0. The summed E-state index contributed by atoms with van der Waals surface area (Å²) < 4.78 is 1.20. The molecule has 5 radical (unpaired) electrons. The van der Waals surface area contributed by atoms with E-state index in [1.807, 2.05) is 30.3 Å². The molecule has 0 amide bonds. The molecule has 0 unspecified atom stereocenters. The van der Waals surface area contributed by atoms with Crippen LogP contribution in [0.3, 0.4) is 0 Å². The molecule has 0 fully saturated rings. The molecular formula is C18H35SeSn. The Morgan fingerprint density at radius 2 is 0.850 bits per heavy atom. The van der Waals surface area contributed by atoms with Crippen LogP contribution >= 0.6 is 0 Å². The van der Waals surface area contributed by atoms with Crippen molar-refractivity contribution in [2.45, 2.75) is 80.1 Å². The largest absolute Gasteiger partial charge is 0 e. The monoisotopic (exact) mass is 451 g/mol. The van der Waals surface area contributed by atoms with Gasteiger partial charge in [0.15, 0.2) is 0 Å². The van der Waals surface area contributed by atoms with Crippen molar-refractivity contribution < 1.29 is 0 Å².